The van der Waals surface area contributed by atoms with Gasteiger partial charge >= 0.3 is 0 Å². The number of amides is 1. The van der Waals surface area contributed by atoms with Crippen molar-refractivity contribution < 1.29 is 20.1 Å². The minimum atomic E-state index is -0.487. The molecule has 0 aromatic heterocycles. The molecule has 0 aliphatic rings. The van der Waals surface area contributed by atoms with Crippen LogP contribution in [0, 0.1) is 11.8 Å². The average Bonchev–Trinajstić information content (AvgIpc) is 2.45. The molecule has 0 radical (unpaired) electrons. The molecule has 5 heteroatoms. The number of phenols is 2. The van der Waals surface area contributed by atoms with E-state index in [0.29, 0.717) is 11.3 Å². The van der Waals surface area contributed by atoms with E-state index in [9.17, 15) is 15.0 Å². The van der Waals surface area contributed by atoms with Crippen molar-refractivity contribution in [2.24, 2.45) is 0 Å². The number of aliphatic hydroxyl groups excluding tert-OH is 1. The van der Waals surface area contributed by atoms with Gasteiger partial charge in [0.1, 0.15) is 18.1 Å². The molecule has 4 N–H and O–H groups in total. The van der Waals surface area contributed by atoms with Crippen LogP contribution in [0.25, 0.3) is 0 Å². The summed E-state index contributed by atoms with van der Waals surface area (Å²) in [5.41, 5.74) is 1.16. The van der Waals surface area contributed by atoms with Crippen LogP contribution in [0.2, 0.25) is 0 Å². The molecule has 2 aromatic carbocycles. The van der Waals surface area contributed by atoms with Crippen molar-refractivity contribution >= 4 is 11.6 Å². The first kappa shape index (κ1) is 14.4. The highest BCUT2D eigenvalue weighted by atomic mass is 16.3. The predicted molar refractivity (Wildman–Crippen MR) is 78.1 cm³/mol. The summed E-state index contributed by atoms with van der Waals surface area (Å²) < 4.78 is 0. The van der Waals surface area contributed by atoms with E-state index in [1.54, 1.807) is 24.3 Å². The Morgan fingerprint density at radius 1 is 1.10 bits per heavy atom. The van der Waals surface area contributed by atoms with Crippen molar-refractivity contribution in [2.75, 3.05) is 11.9 Å². The maximum Gasteiger partial charge on any atom is 0.255 e. The van der Waals surface area contributed by atoms with E-state index in [0.717, 1.165) is 6.07 Å². The molecule has 0 saturated carbocycles. The minimum Gasteiger partial charge on any atom is -0.508 e. The van der Waals surface area contributed by atoms with Crippen LogP contribution in [0.3, 0.4) is 0 Å². The largest absolute Gasteiger partial charge is 0.508 e. The number of rotatable bonds is 2. The van der Waals surface area contributed by atoms with Crippen LogP contribution in [-0.4, -0.2) is 27.8 Å². The highest BCUT2D eigenvalue weighted by Gasteiger charge is 2.10. The Morgan fingerprint density at radius 2 is 1.76 bits per heavy atom. The molecule has 21 heavy (non-hydrogen) atoms. The second-order valence-corrected chi connectivity index (χ2v) is 4.20. The van der Waals surface area contributed by atoms with E-state index in [1.165, 1.54) is 12.1 Å². The maximum absolute atomic E-state index is 12.1. The summed E-state index contributed by atoms with van der Waals surface area (Å²) in [6, 6.07) is 10.5. The van der Waals surface area contributed by atoms with E-state index in [-0.39, 0.29) is 23.7 Å². The normalized spacial score (nSPS) is 9.57. The SMILES string of the molecule is O=C(Nc1ccccc1C#CCO)c1cc(O)cc(O)c1. The van der Waals surface area contributed by atoms with Crippen molar-refractivity contribution in [3.05, 3.63) is 53.6 Å². The quantitative estimate of drug-likeness (QED) is 0.631. The number of hydrogen-bond donors (Lipinski definition) is 4. The van der Waals surface area contributed by atoms with Gasteiger partial charge in [-0.2, -0.15) is 0 Å². The van der Waals surface area contributed by atoms with E-state index in [1.807, 2.05) is 0 Å². The van der Waals surface area contributed by atoms with Gasteiger partial charge < -0.3 is 20.6 Å². The minimum absolute atomic E-state index is 0.123. The van der Waals surface area contributed by atoms with Crippen molar-refractivity contribution in [3.8, 4) is 23.3 Å². The fourth-order valence-electron chi connectivity index (χ4n) is 1.76. The standard InChI is InChI=1S/C16H13NO4/c18-7-3-5-11-4-1-2-6-15(11)17-16(21)12-8-13(19)10-14(20)9-12/h1-2,4,6,8-10,18-20H,7H2,(H,17,21). The molecule has 2 aromatic rings. The molecule has 0 aliphatic carbocycles. The van der Waals surface area contributed by atoms with E-state index < -0.39 is 5.91 Å². The van der Waals surface area contributed by atoms with Gasteiger partial charge in [0, 0.05) is 17.2 Å². The van der Waals surface area contributed by atoms with Crippen molar-refractivity contribution in [2.45, 2.75) is 0 Å². The molecular formula is C16H13NO4. The molecule has 5 nitrogen and oxygen atoms in total. The third kappa shape index (κ3) is 3.75. The highest BCUT2D eigenvalue weighted by Crippen LogP contribution is 2.22. The van der Waals surface area contributed by atoms with Crippen molar-refractivity contribution in [3.63, 3.8) is 0 Å². The second kappa shape index (κ2) is 6.46. The lowest BCUT2D eigenvalue weighted by molar-refractivity contribution is 0.102. The third-order valence-corrected chi connectivity index (χ3v) is 2.64. The zero-order chi connectivity index (χ0) is 15.2. The van der Waals surface area contributed by atoms with Crippen LogP contribution in [0.15, 0.2) is 42.5 Å². The first-order valence-electron chi connectivity index (χ1n) is 6.13. The highest BCUT2D eigenvalue weighted by molar-refractivity contribution is 6.05. The van der Waals surface area contributed by atoms with Gasteiger partial charge in [-0.1, -0.05) is 24.0 Å². The van der Waals surface area contributed by atoms with Crippen LogP contribution in [0.1, 0.15) is 15.9 Å². The number of nitrogens with one attached hydrogen (secondary N) is 1. The molecule has 2 rings (SSSR count). The lowest BCUT2D eigenvalue weighted by Crippen LogP contribution is -2.12. The monoisotopic (exact) mass is 283 g/mol. The number of benzene rings is 2. The molecule has 0 unspecified atom stereocenters. The molecule has 1 amide bonds. The first-order valence-corrected chi connectivity index (χ1v) is 6.13. The van der Waals surface area contributed by atoms with Gasteiger partial charge in [0.05, 0.1) is 5.69 Å². The lowest BCUT2D eigenvalue weighted by atomic mass is 10.1. The molecule has 0 bridgehead atoms. The molecule has 0 aliphatic heterocycles. The van der Waals surface area contributed by atoms with Gasteiger partial charge in [-0.15, -0.1) is 0 Å². The molecule has 0 spiro atoms. The summed E-state index contributed by atoms with van der Waals surface area (Å²) in [6.45, 7) is -0.275. The third-order valence-electron chi connectivity index (χ3n) is 2.64. The second-order valence-electron chi connectivity index (χ2n) is 4.20. The maximum atomic E-state index is 12.1. The summed E-state index contributed by atoms with van der Waals surface area (Å²) in [6.07, 6.45) is 0. The number of hydrogen-bond acceptors (Lipinski definition) is 4. The zero-order valence-corrected chi connectivity index (χ0v) is 11.0. The van der Waals surface area contributed by atoms with Crippen molar-refractivity contribution in [1.29, 1.82) is 0 Å². The average molecular weight is 283 g/mol. The summed E-state index contributed by atoms with van der Waals surface area (Å²) >= 11 is 0. The van der Waals surface area contributed by atoms with Gasteiger partial charge in [0.2, 0.25) is 0 Å². The van der Waals surface area contributed by atoms with Crippen LogP contribution >= 0.6 is 0 Å². The molecule has 106 valence electrons. The van der Waals surface area contributed by atoms with Gasteiger partial charge in [-0.3, -0.25) is 4.79 Å². The number of phenolic OH excluding ortho intramolecular Hbond substituents is 2. The Kier molecular flexibility index (Phi) is 4.44. The molecule has 0 fully saturated rings. The zero-order valence-electron chi connectivity index (χ0n) is 11.0. The summed E-state index contributed by atoms with van der Waals surface area (Å²) in [4.78, 5) is 12.1. The number of carbonyl (C=O) groups is 1. The van der Waals surface area contributed by atoms with Crippen LogP contribution in [-0.2, 0) is 0 Å². The Hall–Kier alpha value is -2.97. The van der Waals surface area contributed by atoms with Crippen LogP contribution in [0.5, 0.6) is 11.5 Å². The lowest BCUT2D eigenvalue weighted by Gasteiger charge is -2.08. The number of anilines is 1. The van der Waals surface area contributed by atoms with E-state index in [2.05, 4.69) is 17.2 Å². The summed E-state index contributed by atoms with van der Waals surface area (Å²) in [5.74, 6) is 4.35. The first-order chi connectivity index (χ1) is 10.1. The molecule has 0 saturated heterocycles. The smallest absolute Gasteiger partial charge is 0.255 e. The molecule has 0 heterocycles. The van der Waals surface area contributed by atoms with Gasteiger partial charge in [0.15, 0.2) is 0 Å². The Labute approximate surface area is 121 Å². The Bertz CT molecular complexity index is 708. The number of aromatic hydroxyl groups is 2. The van der Waals surface area contributed by atoms with E-state index >= 15 is 0 Å². The summed E-state index contributed by atoms with van der Waals surface area (Å²) in [7, 11) is 0. The van der Waals surface area contributed by atoms with Crippen LogP contribution < -0.4 is 5.32 Å². The van der Waals surface area contributed by atoms with Gasteiger partial charge in [-0.05, 0) is 24.3 Å². The van der Waals surface area contributed by atoms with Gasteiger partial charge in [0.25, 0.3) is 5.91 Å². The Balaban J connectivity index is 2.27. The van der Waals surface area contributed by atoms with Crippen molar-refractivity contribution in [1.82, 2.24) is 0 Å². The number of carbonyl (C=O) groups excluding carboxylic acids is 1. The topological polar surface area (TPSA) is 89.8 Å². The van der Waals surface area contributed by atoms with E-state index in [4.69, 9.17) is 5.11 Å². The summed E-state index contributed by atoms with van der Waals surface area (Å²) in [5, 5.41) is 30.1. The fourth-order valence-corrected chi connectivity index (χ4v) is 1.76. The van der Waals surface area contributed by atoms with Gasteiger partial charge in [-0.25, -0.2) is 0 Å². The fraction of sp³-hybridized carbons (Fsp3) is 0.0625. The molecule has 0 atom stereocenters. The Morgan fingerprint density at radius 3 is 2.43 bits per heavy atom. The molecular weight excluding hydrogens is 270 g/mol. The van der Waals surface area contributed by atoms with Crippen LogP contribution in [0.4, 0.5) is 5.69 Å². The number of para-hydroxylation sites is 1. The predicted octanol–water partition coefficient (Wildman–Crippen LogP) is 1.69. The number of aliphatic hydroxyl groups is 1.